The maximum atomic E-state index is 12.8. The molecule has 2 aliphatic heterocycles. The molecule has 2 saturated heterocycles. The van der Waals surface area contributed by atoms with E-state index >= 15 is 0 Å². The average Bonchev–Trinajstić information content (AvgIpc) is 3.30. The van der Waals surface area contributed by atoms with Gasteiger partial charge in [0.2, 0.25) is 0 Å². The van der Waals surface area contributed by atoms with Gasteiger partial charge in [-0.15, -0.1) is 0 Å². The number of carbonyl (C=O) groups is 1. The van der Waals surface area contributed by atoms with Gasteiger partial charge in [-0.25, -0.2) is 0 Å². The van der Waals surface area contributed by atoms with Gasteiger partial charge in [-0.2, -0.15) is 0 Å². The minimum atomic E-state index is 0.107. The molecule has 142 valence electrons. The molecule has 0 unspecified atom stereocenters. The lowest BCUT2D eigenvalue weighted by molar-refractivity contribution is 0.0569. The molecule has 0 aliphatic carbocycles. The number of fused-ring (bicyclic) bond motifs is 2. The zero-order chi connectivity index (χ0) is 19.1. The van der Waals surface area contributed by atoms with Gasteiger partial charge in [0.15, 0.2) is 0 Å². The number of rotatable bonds is 4. The Bertz CT molecular complexity index is 858. The van der Waals surface area contributed by atoms with E-state index in [1.807, 2.05) is 17.9 Å². The van der Waals surface area contributed by atoms with Crippen LogP contribution in [0.2, 0.25) is 5.02 Å². The number of carbonyl (C=O) groups excluding carboxylic acids is 1. The van der Waals surface area contributed by atoms with Crippen LogP contribution in [0.5, 0.6) is 5.75 Å². The minimum Gasteiger partial charge on any atom is -0.496 e. The van der Waals surface area contributed by atoms with Gasteiger partial charge in [-0.1, -0.05) is 17.7 Å². The number of benzene rings is 1. The van der Waals surface area contributed by atoms with Gasteiger partial charge in [0.05, 0.1) is 12.1 Å². The Labute approximate surface area is 164 Å². The number of hydrogen-bond donors (Lipinski definition) is 0. The van der Waals surface area contributed by atoms with Crippen molar-refractivity contribution >= 4 is 17.5 Å². The van der Waals surface area contributed by atoms with Crippen LogP contribution in [0.25, 0.3) is 0 Å². The molecule has 0 N–H and O–H groups in total. The maximum Gasteiger partial charge on any atom is 0.254 e. The molecule has 2 bridgehead atoms. The summed E-state index contributed by atoms with van der Waals surface area (Å²) in [4.78, 5) is 21.3. The van der Waals surface area contributed by atoms with Gasteiger partial charge >= 0.3 is 0 Å². The van der Waals surface area contributed by atoms with Crippen molar-refractivity contribution in [2.75, 3.05) is 20.2 Å². The quantitative estimate of drug-likeness (QED) is 0.804. The summed E-state index contributed by atoms with van der Waals surface area (Å²) < 4.78 is 5.37. The van der Waals surface area contributed by atoms with Crippen LogP contribution in [0, 0.1) is 6.92 Å². The van der Waals surface area contributed by atoms with Crippen LogP contribution in [-0.2, 0) is 0 Å². The summed E-state index contributed by atoms with van der Waals surface area (Å²) in [6.45, 7) is 5.83. The van der Waals surface area contributed by atoms with Crippen molar-refractivity contribution in [3.8, 4) is 5.75 Å². The largest absolute Gasteiger partial charge is 0.496 e. The van der Waals surface area contributed by atoms with E-state index in [1.54, 1.807) is 31.6 Å². The first-order valence-corrected chi connectivity index (χ1v) is 9.68. The highest BCUT2D eigenvalue weighted by atomic mass is 35.5. The number of aromatic nitrogens is 1. The second-order valence-electron chi connectivity index (χ2n) is 7.41. The van der Waals surface area contributed by atoms with Gasteiger partial charge in [0.1, 0.15) is 5.75 Å². The third kappa shape index (κ3) is 3.09. The normalized spacial score (nSPS) is 22.9. The number of piperazine rings is 1. The van der Waals surface area contributed by atoms with E-state index in [4.69, 9.17) is 16.3 Å². The first-order chi connectivity index (χ1) is 13.0. The lowest BCUT2D eigenvalue weighted by Gasteiger charge is -2.38. The summed E-state index contributed by atoms with van der Waals surface area (Å²) in [5.41, 5.74) is 2.81. The molecular weight excluding hydrogens is 362 g/mol. The Kier molecular flexibility index (Phi) is 4.82. The fourth-order valence-corrected chi connectivity index (χ4v) is 4.81. The van der Waals surface area contributed by atoms with Crippen LogP contribution in [-0.4, -0.2) is 53.0 Å². The van der Waals surface area contributed by atoms with Crippen molar-refractivity contribution in [1.82, 2.24) is 14.8 Å². The van der Waals surface area contributed by atoms with Crippen molar-refractivity contribution in [3.63, 3.8) is 0 Å². The monoisotopic (exact) mass is 385 g/mol. The smallest absolute Gasteiger partial charge is 0.254 e. The summed E-state index contributed by atoms with van der Waals surface area (Å²) in [5, 5.41) is 0.773. The molecule has 0 radical (unpaired) electrons. The number of pyridine rings is 1. The van der Waals surface area contributed by atoms with Gasteiger partial charge in [0, 0.05) is 54.7 Å². The van der Waals surface area contributed by atoms with E-state index < -0.39 is 0 Å². The molecule has 27 heavy (non-hydrogen) atoms. The van der Waals surface area contributed by atoms with E-state index in [0.29, 0.717) is 11.6 Å². The molecule has 0 spiro atoms. The van der Waals surface area contributed by atoms with Crippen LogP contribution in [0.15, 0.2) is 36.7 Å². The number of likely N-dealkylation sites (tertiary alicyclic amines) is 2. The van der Waals surface area contributed by atoms with E-state index in [9.17, 15) is 4.79 Å². The molecule has 3 atom stereocenters. The van der Waals surface area contributed by atoms with E-state index in [0.717, 1.165) is 41.4 Å². The molecular formula is C21H24ClN3O2. The van der Waals surface area contributed by atoms with Gasteiger partial charge in [0.25, 0.3) is 5.91 Å². The second kappa shape index (κ2) is 7.13. The van der Waals surface area contributed by atoms with Crippen molar-refractivity contribution < 1.29 is 9.53 Å². The number of amides is 1. The molecule has 1 aromatic carbocycles. The third-order valence-corrected chi connectivity index (χ3v) is 6.51. The SMILES string of the molecule is COc1ccc([C@H](C)N2C[C@@H]3C[C@H]2CN3C(=O)c2ccncc2)c(Cl)c1C. The zero-order valence-corrected chi connectivity index (χ0v) is 16.6. The Morgan fingerprint density at radius 2 is 1.96 bits per heavy atom. The van der Waals surface area contributed by atoms with Crippen molar-refractivity contribution in [2.45, 2.75) is 38.4 Å². The Balaban J connectivity index is 1.50. The molecule has 3 heterocycles. The lowest BCUT2D eigenvalue weighted by atomic mass is 10.0. The molecule has 1 amide bonds. The molecule has 2 aromatic rings. The number of nitrogens with zero attached hydrogens (tertiary/aromatic N) is 3. The molecule has 4 rings (SSSR count). The predicted octanol–water partition coefficient (Wildman–Crippen LogP) is 3.71. The van der Waals surface area contributed by atoms with Gasteiger partial charge in [-0.05, 0) is 44.0 Å². The summed E-state index contributed by atoms with van der Waals surface area (Å²) in [5.74, 6) is 0.920. The maximum absolute atomic E-state index is 12.8. The Morgan fingerprint density at radius 1 is 1.22 bits per heavy atom. The third-order valence-electron chi connectivity index (χ3n) is 6.01. The number of methoxy groups -OCH3 is 1. The zero-order valence-electron chi connectivity index (χ0n) is 15.9. The van der Waals surface area contributed by atoms with Crippen LogP contribution in [0.3, 0.4) is 0 Å². The fourth-order valence-electron chi connectivity index (χ4n) is 4.49. The van der Waals surface area contributed by atoms with Crippen LogP contribution < -0.4 is 4.74 Å². The highest BCUT2D eigenvalue weighted by molar-refractivity contribution is 6.32. The molecule has 6 heteroatoms. The van der Waals surface area contributed by atoms with Crippen LogP contribution >= 0.6 is 11.6 Å². The van der Waals surface area contributed by atoms with Crippen LogP contribution in [0.4, 0.5) is 0 Å². The number of halogens is 1. The molecule has 2 aliphatic rings. The summed E-state index contributed by atoms with van der Waals surface area (Å²) >= 11 is 6.63. The Morgan fingerprint density at radius 3 is 2.59 bits per heavy atom. The van der Waals surface area contributed by atoms with E-state index in [2.05, 4.69) is 22.9 Å². The molecule has 2 fully saturated rings. The predicted molar refractivity (Wildman–Crippen MR) is 105 cm³/mol. The van der Waals surface area contributed by atoms with Crippen molar-refractivity contribution in [1.29, 1.82) is 0 Å². The fraction of sp³-hybridized carbons (Fsp3) is 0.429. The highest BCUT2D eigenvalue weighted by Gasteiger charge is 2.47. The number of ether oxygens (including phenoxy) is 1. The summed E-state index contributed by atoms with van der Waals surface area (Å²) in [7, 11) is 1.66. The highest BCUT2D eigenvalue weighted by Crippen LogP contribution is 2.41. The molecule has 1 aromatic heterocycles. The van der Waals surface area contributed by atoms with Crippen LogP contribution in [0.1, 0.15) is 40.9 Å². The second-order valence-corrected chi connectivity index (χ2v) is 7.78. The van der Waals surface area contributed by atoms with E-state index in [1.165, 1.54) is 0 Å². The van der Waals surface area contributed by atoms with Crippen molar-refractivity contribution in [2.24, 2.45) is 0 Å². The van der Waals surface area contributed by atoms with Gasteiger partial charge < -0.3 is 9.64 Å². The Hall–Kier alpha value is -2.11. The first-order valence-electron chi connectivity index (χ1n) is 9.31. The molecule has 5 nitrogen and oxygen atoms in total. The molecule has 0 saturated carbocycles. The summed E-state index contributed by atoms with van der Waals surface area (Å²) in [6, 6.07) is 8.45. The number of hydrogen-bond acceptors (Lipinski definition) is 4. The minimum absolute atomic E-state index is 0.107. The first kappa shape index (κ1) is 18.3. The topological polar surface area (TPSA) is 45.7 Å². The average molecular weight is 386 g/mol. The lowest BCUT2D eigenvalue weighted by Crippen LogP contribution is -2.49. The van der Waals surface area contributed by atoms with Gasteiger partial charge in [-0.3, -0.25) is 14.7 Å². The van der Waals surface area contributed by atoms with E-state index in [-0.39, 0.29) is 18.0 Å². The van der Waals surface area contributed by atoms with Crippen molar-refractivity contribution in [3.05, 3.63) is 58.4 Å². The standard InChI is InChI=1S/C21H24ClN3O2/c1-13-19(27-3)5-4-18(20(13)22)14(2)24-11-17-10-16(24)12-25(17)21(26)15-6-8-23-9-7-15/h4-9,14,16-17H,10-12H2,1-3H3/t14-,16-,17-/m0/s1. The summed E-state index contributed by atoms with van der Waals surface area (Å²) in [6.07, 6.45) is 4.36.